The molecule has 0 spiro atoms. The van der Waals surface area contributed by atoms with E-state index in [9.17, 15) is 14.2 Å². The van der Waals surface area contributed by atoms with E-state index in [-0.39, 0.29) is 0 Å². The topological polar surface area (TPSA) is 139 Å². The average molecular weight is 303 g/mol. The Morgan fingerprint density at radius 3 is 1.78 bits per heavy atom. The van der Waals surface area contributed by atoms with Crippen molar-refractivity contribution in [2.45, 2.75) is 37.3 Å². The van der Waals surface area contributed by atoms with Crippen molar-refractivity contribution < 1.29 is 33.8 Å². The fraction of sp³-hybridized carbons (Fsp3) is 1.00. The Balaban J connectivity index is 2.72. The average Bonchev–Trinajstić information content (AvgIpc) is 2.23. The Bertz CT molecular complexity index is 336. The predicted molar refractivity (Wildman–Crippen MR) is 63.9 cm³/mol. The van der Waals surface area contributed by atoms with Gasteiger partial charge in [0.1, 0.15) is 6.23 Å². The van der Waals surface area contributed by atoms with Crippen LogP contribution in [0.4, 0.5) is 0 Å². The van der Waals surface area contributed by atoms with Crippen molar-refractivity contribution in [2.75, 3.05) is 13.1 Å². The maximum absolute atomic E-state index is 11.1. The number of aliphatic hydroxyl groups is 1. The van der Waals surface area contributed by atoms with Crippen LogP contribution in [0.25, 0.3) is 0 Å². The SMILES string of the molecule is O=P(O)(O)C(CC(O)N1CCCCC1)P(=O)(O)O. The summed E-state index contributed by atoms with van der Waals surface area (Å²) in [6, 6.07) is 0. The van der Waals surface area contributed by atoms with Crippen LogP contribution in [-0.4, -0.2) is 54.3 Å². The van der Waals surface area contributed by atoms with Gasteiger partial charge in [-0.1, -0.05) is 6.42 Å². The molecule has 0 aromatic heterocycles. The summed E-state index contributed by atoms with van der Waals surface area (Å²) in [5.74, 6) is 0. The minimum absolute atomic E-state index is 0.566. The molecule has 0 bridgehead atoms. The van der Waals surface area contributed by atoms with Crippen LogP contribution in [0, 0.1) is 0 Å². The van der Waals surface area contributed by atoms with Crippen molar-refractivity contribution in [3.63, 3.8) is 0 Å². The molecule has 1 saturated heterocycles. The van der Waals surface area contributed by atoms with Gasteiger partial charge in [0.15, 0.2) is 5.40 Å². The Kier molecular flexibility index (Phi) is 5.53. The summed E-state index contributed by atoms with van der Waals surface area (Å²) in [6.07, 6.45) is 0.856. The third kappa shape index (κ3) is 4.72. The molecule has 1 aliphatic heterocycles. The fourth-order valence-corrected chi connectivity index (χ4v) is 4.52. The molecule has 10 heteroatoms. The first-order valence-electron chi connectivity index (χ1n) is 5.65. The van der Waals surface area contributed by atoms with Crippen LogP contribution < -0.4 is 0 Å². The standard InChI is InChI=1S/C8H19NO7P2/c10-7(9-4-2-1-3-5-9)6-8(17(11,12)13)18(14,15)16/h7-8,10H,1-6H2,(H2,11,12,13)(H2,14,15,16). The second kappa shape index (κ2) is 6.11. The lowest BCUT2D eigenvalue weighted by Crippen LogP contribution is -2.40. The monoisotopic (exact) mass is 303 g/mol. The van der Waals surface area contributed by atoms with Crippen molar-refractivity contribution in [2.24, 2.45) is 0 Å². The normalized spacial score (nSPS) is 21.2. The highest BCUT2D eigenvalue weighted by atomic mass is 31.2. The highest BCUT2D eigenvalue weighted by molar-refractivity contribution is 7.70. The molecule has 1 aliphatic rings. The van der Waals surface area contributed by atoms with E-state index in [2.05, 4.69) is 0 Å². The molecule has 0 aromatic rings. The summed E-state index contributed by atoms with van der Waals surface area (Å²) in [5.41, 5.74) is 0. The molecule has 1 fully saturated rings. The zero-order chi connectivity index (χ0) is 14.0. The highest BCUT2D eigenvalue weighted by Gasteiger charge is 2.45. The van der Waals surface area contributed by atoms with Gasteiger partial charge in [-0.25, -0.2) is 0 Å². The van der Waals surface area contributed by atoms with Gasteiger partial charge < -0.3 is 24.7 Å². The number of aliphatic hydroxyl groups excluding tert-OH is 1. The van der Waals surface area contributed by atoms with E-state index in [0.29, 0.717) is 13.1 Å². The van der Waals surface area contributed by atoms with Gasteiger partial charge in [0, 0.05) is 19.5 Å². The van der Waals surface area contributed by atoms with E-state index in [1.54, 1.807) is 4.90 Å². The van der Waals surface area contributed by atoms with Gasteiger partial charge in [0.25, 0.3) is 0 Å². The van der Waals surface area contributed by atoms with Crippen LogP contribution >= 0.6 is 15.2 Å². The van der Waals surface area contributed by atoms with Crippen LogP contribution in [0.2, 0.25) is 0 Å². The van der Waals surface area contributed by atoms with Gasteiger partial charge in [-0.15, -0.1) is 0 Å². The van der Waals surface area contributed by atoms with Crippen LogP contribution in [0.15, 0.2) is 0 Å². The Morgan fingerprint density at radius 1 is 0.944 bits per heavy atom. The van der Waals surface area contributed by atoms with Crippen LogP contribution in [0.3, 0.4) is 0 Å². The molecule has 0 radical (unpaired) electrons. The summed E-state index contributed by atoms with van der Waals surface area (Å²) >= 11 is 0. The molecule has 1 heterocycles. The molecule has 0 aromatic carbocycles. The van der Waals surface area contributed by atoms with Crippen LogP contribution in [0.5, 0.6) is 0 Å². The maximum atomic E-state index is 11.1. The fourth-order valence-electron chi connectivity index (χ4n) is 2.02. The summed E-state index contributed by atoms with van der Waals surface area (Å²) in [5, 5.41) is 7.67. The van der Waals surface area contributed by atoms with Crippen molar-refractivity contribution in [1.82, 2.24) is 4.90 Å². The van der Waals surface area contributed by atoms with Crippen LogP contribution in [0.1, 0.15) is 25.7 Å². The smallest absolute Gasteiger partial charge is 0.340 e. The third-order valence-corrected chi connectivity index (χ3v) is 6.79. The minimum Gasteiger partial charge on any atom is -0.378 e. The Morgan fingerprint density at radius 2 is 1.39 bits per heavy atom. The maximum Gasteiger partial charge on any atom is 0.340 e. The van der Waals surface area contributed by atoms with Crippen molar-refractivity contribution >= 4 is 15.2 Å². The van der Waals surface area contributed by atoms with Gasteiger partial charge in [-0.05, 0) is 12.8 Å². The number of hydrogen-bond donors (Lipinski definition) is 5. The molecule has 1 atom stereocenters. The molecule has 18 heavy (non-hydrogen) atoms. The summed E-state index contributed by atoms with van der Waals surface area (Å²) in [4.78, 5) is 37.4. The molecule has 8 nitrogen and oxygen atoms in total. The van der Waals surface area contributed by atoms with Crippen LogP contribution in [-0.2, 0) is 9.13 Å². The lowest BCUT2D eigenvalue weighted by molar-refractivity contribution is -0.0126. The number of rotatable bonds is 5. The summed E-state index contributed by atoms with van der Waals surface area (Å²) in [6.45, 7) is 1.13. The zero-order valence-electron chi connectivity index (χ0n) is 9.79. The third-order valence-electron chi connectivity index (χ3n) is 3.01. The van der Waals surface area contributed by atoms with Crippen molar-refractivity contribution in [3.8, 4) is 0 Å². The number of hydrogen-bond acceptors (Lipinski definition) is 4. The van der Waals surface area contributed by atoms with Gasteiger partial charge >= 0.3 is 15.2 Å². The molecular formula is C8H19NO7P2. The molecule has 1 rings (SSSR count). The largest absolute Gasteiger partial charge is 0.378 e. The second-order valence-corrected chi connectivity index (χ2v) is 8.48. The van der Waals surface area contributed by atoms with Crippen molar-refractivity contribution in [1.29, 1.82) is 0 Å². The Labute approximate surface area is 105 Å². The van der Waals surface area contributed by atoms with E-state index in [1.807, 2.05) is 0 Å². The van der Waals surface area contributed by atoms with Gasteiger partial charge in [0.2, 0.25) is 0 Å². The summed E-state index contributed by atoms with van der Waals surface area (Å²) in [7, 11) is -9.90. The van der Waals surface area contributed by atoms with E-state index in [4.69, 9.17) is 19.6 Å². The molecule has 0 aliphatic carbocycles. The molecule has 5 N–H and O–H groups in total. The predicted octanol–water partition coefficient (Wildman–Crippen LogP) is -0.138. The van der Waals surface area contributed by atoms with Gasteiger partial charge in [-0.2, -0.15) is 0 Å². The molecule has 1 unspecified atom stereocenters. The molecular weight excluding hydrogens is 284 g/mol. The number of likely N-dealkylation sites (tertiary alicyclic amines) is 1. The second-order valence-electron chi connectivity index (χ2n) is 4.47. The minimum atomic E-state index is -4.95. The van der Waals surface area contributed by atoms with Gasteiger partial charge in [-0.3, -0.25) is 14.0 Å². The Hall–Kier alpha value is 0.220. The van der Waals surface area contributed by atoms with E-state index in [1.165, 1.54) is 0 Å². The first-order valence-corrected chi connectivity index (χ1v) is 9.01. The first kappa shape index (κ1) is 16.3. The molecule has 0 saturated carbocycles. The molecule has 0 amide bonds. The lowest BCUT2D eigenvalue weighted by atomic mass is 10.1. The van der Waals surface area contributed by atoms with E-state index in [0.717, 1.165) is 19.3 Å². The first-order chi connectivity index (χ1) is 8.12. The highest BCUT2D eigenvalue weighted by Crippen LogP contribution is 2.61. The van der Waals surface area contributed by atoms with Crippen molar-refractivity contribution in [3.05, 3.63) is 0 Å². The van der Waals surface area contributed by atoms with E-state index >= 15 is 0 Å². The summed E-state index contributed by atoms with van der Waals surface area (Å²) < 4.78 is 22.1. The van der Waals surface area contributed by atoms with E-state index < -0.39 is 33.2 Å². The lowest BCUT2D eigenvalue weighted by Gasteiger charge is -2.33. The van der Waals surface area contributed by atoms with Gasteiger partial charge in [0.05, 0.1) is 0 Å². The number of piperidine rings is 1. The quantitative estimate of drug-likeness (QED) is 0.442. The number of nitrogens with zero attached hydrogens (tertiary/aromatic N) is 1. The molecule has 108 valence electrons. The zero-order valence-corrected chi connectivity index (χ0v) is 11.6.